The molecule has 7 heteroatoms. The van der Waals surface area contributed by atoms with Crippen LogP contribution in [0.5, 0.6) is 0 Å². The van der Waals surface area contributed by atoms with Gasteiger partial charge in [0.15, 0.2) is 0 Å². The van der Waals surface area contributed by atoms with E-state index in [0.29, 0.717) is 5.69 Å². The summed E-state index contributed by atoms with van der Waals surface area (Å²) in [6.07, 6.45) is 0. The van der Waals surface area contributed by atoms with Crippen LogP contribution >= 0.6 is 11.3 Å². The van der Waals surface area contributed by atoms with Gasteiger partial charge in [-0.15, -0.1) is 11.3 Å². The van der Waals surface area contributed by atoms with E-state index in [1.807, 2.05) is 5.38 Å². The molecule has 0 bridgehead atoms. The van der Waals surface area contributed by atoms with Crippen LogP contribution in [0.4, 0.5) is 10.1 Å². The lowest BCUT2D eigenvalue weighted by Gasteiger charge is -2.13. The van der Waals surface area contributed by atoms with Gasteiger partial charge in [-0.2, -0.15) is 0 Å². The lowest BCUT2D eigenvalue weighted by atomic mass is 9.98. The van der Waals surface area contributed by atoms with Gasteiger partial charge < -0.3 is 10.6 Å². The Bertz CT molecular complexity index is 722. The van der Waals surface area contributed by atoms with Gasteiger partial charge in [-0.3, -0.25) is 9.59 Å². The van der Waals surface area contributed by atoms with E-state index >= 15 is 0 Å². The molecular weight excluding hydrogens is 317 g/mol. The predicted molar refractivity (Wildman–Crippen MR) is 87.7 cm³/mol. The third kappa shape index (κ3) is 4.59. The highest BCUT2D eigenvalue weighted by molar-refractivity contribution is 7.09. The summed E-state index contributed by atoms with van der Waals surface area (Å²) in [5.74, 6) is -2.34. The van der Waals surface area contributed by atoms with Crippen molar-refractivity contribution in [2.45, 2.75) is 32.7 Å². The van der Waals surface area contributed by atoms with Gasteiger partial charge in [0.25, 0.3) is 0 Å². The van der Waals surface area contributed by atoms with Crippen LogP contribution in [0.15, 0.2) is 29.6 Å². The Balaban J connectivity index is 1.91. The zero-order chi connectivity index (χ0) is 17.0. The Morgan fingerprint density at radius 1 is 1.22 bits per heavy atom. The molecule has 1 aromatic heterocycles. The maximum atomic E-state index is 13.4. The van der Waals surface area contributed by atoms with Crippen molar-refractivity contribution in [2.75, 3.05) is 5.32 Å². The number of amides is 2. The van der Waals surface area contributed by atoms with Crippen LogP contribution in [0.25, 0.3) is 0 Å². The molecule has 0 atom stereocenters. The van der Waals surface area contributed by atoms with Gasteiger partial charge in [-0.1, -0.05) is 32.9 Å². The molecule has 23 heavy (non-hydrogen) atoms. The van der Waals surface area contributed by atoms with Crippen LogP contribution in [0.1, 0.15) is 31.5 Å². The van der Waals surface area contributed by atoms with Crippen LogP contribution < -0.4 is 10.6 Å². The van der Waals surface area contributed by atoms with Crippen LogP contribution in [-0.2, 0) is 21.5 Å². The molecule has 0 radical (unpaired) electrons. The molecule has 1 heterocycles. The Morgan fingerprint density at radius 2 is 1.91 bits per heavy atom. The molecule has 0 unspecified atom stereocenters. The molecule has 0 saturated carbocycles. The highest BCUT2D eigenvalue weighted by atomic mass is 32.1. The summed E-state index contributed by atoms with van der Waals surface area (Å²) in [6.45, 7) is 6.30. The first-order chi connectivity index (χ1) is 10.8. The van der Waals surface area contributed by atoms with Crippen molar-refractivity contribution in [3.05, 3.63) is 46.2 Å². The molecule has 122 valence electrons. The third-order valence-corrected chi connectivity index (χ3v) is 4.27. The Kier molecular flexibility index (Phi) is 5.10. The maximum absolute atomic E-state index is 13.4. The zero-order valence-electron chi connectivity index (χ0n) is 13.1. The quantitative estimate of drug-likeness (QED) is 0.847. The molecular formula is C16H18FN3O2S. The molecule has 2 N–H and O–H groups in total. The van der Waals surface area contributed by atoms with Crippen LogP contribution in [0.2, 0.25) is 0 Å². The number of nitrogens with zero attached hydrogens (tertiary/aromatic N) is 1. The first-order valence-electron chi connectivity index (χ1n) is 7.06. The topological polar surface area (TPSA) is 71.1 Å². The number of thiazole rings is 1. The van der Waals surface area contributed by atoms with E-state index in [0.717, 1.165) is 5.01 Å². The van der Waals surface area contributed by atoms with Gasteiger partial charge in [0.2, 0.25) is 0 Å². The summed E-state index contributed by atoms with van der Waals surface area (Å²) in [6, 6.07) is 5.66. The van der Waals surface area contributed by atoms with Crippen molar-refractivity contribution in [2.24, 2.45) is 0 Å². The molecule has 2 amide bonds. The van der Waals surface area contributed by atoms with E-state index in [-0.39, 0.29) is 17.6 Å². The van der Waals surface area contributed by atoms with Crippen LogP contribution in [0.3, 0.4) is 0 Å². The molecule has 0 saturated heterocycles. The predicted octanol–water partition coefficient (Wildman–Crippen LogP) is 2.83. The van der Waals surface area contributed by atoms with E-state index in [1.165, 1.54) is 29.5 Å². The summed E-state index contributed by atoms with van der Waals surface area (Å²) in [5, 5.41) is 7.50. The van der Waals surface area contributed by atoms with Gasteiger partial charge in [0.05, 0.1) is 22.9 Å². The van der Waals surface area contributed by atoms with Crippen molar-refractivity contribution in [3.63, 3.8) is 0 Å². The number of carbonyl (C=O) groups is 2. The minimum atomic E-state index is -0.915. The molecule has 0 spiro atoms. The average molecular weight is 335 g/mol. The van der Waals surface area contributed by atoms with Gasteiger partial charge in [-0.25, -0.2) is 9.37 Å². The summed E-state index contributed by atoms with van der Waals surface area (Å²) < 4.78 is 13.4. The number of hydrogen-bond acceptors (Lipinski definition) is 4. The molecule has 0 aliphatic heterocycles. The second-order valence-corrected chi connectivity index (χ2v) is 6.87. The normalized spacial score (nSPS) is 11.1. The van der Waals surface area contributed by atoms with Crippen LogP contribution in [-0.4, -0.2) is 16.8 Å². The Morgan fingerprint density at radius 3 is 2.52 bits per heavy atom. The van der Waals surface area contributed by atoms with Crippen molar-refractivity contribution < 1.29 is 14.0 Å². The lowest BCUT2D eigenvalue weighted by Crippen LogP contribution is -2.35. The Hall–Kier alpha value is -2.28. The number of aromatic nitrogens is 1. The number of anilines is 1. The van der Waals surface area contributed by atoms with Crippen LogP contribution in [0, 0.1) is 5.82 Å². The maximum Gasteiger partial charge on any atom is 0.313 e. The van der Waals surface area contributed by atoms with Gasteiger partial charge in [0, 0.05) is 10.8 Å². The molecule has 0 aliphatic carbocycles. The highest BCUT2D eigenvalue weighted by Gasteiger charge is 2.19. The number of carbonyl (C=O) groups excluding carboxylic acids is 2. The average Bonchev–Trinajstić information content (AvgIpc) is 2.96. The van der Waals surface area contributed by atoms with Gasteiger partial charge >= 0.3 is 11.8 Å². The minimum absolute atomic E-state index is 0.0312. The number of nitrogens with one attached hydrogen (secondary N) is 2. The van der Waals surface area contributed by atoms with E-state index in [9.17, 15) is 14.0 Å². The summed E-state index contributed by atoms with van der Waals surface area (Å²) in [4.78, 5) is 27.9. The molecule has 2 rings (SSSR count). The number of para-hydroxylation sites is 1. The molecule has 5 nitrogen and oxygen atoms in total. The molecule has 2 aromatic rings. The van der Waals surface area contributed by atoms with Crippen molar-refractivity contribution >= 4 is 28.8 Å². The Labute approximate surface area is 137 Å². The van der Waals surface area contributed by atoms with E-state index in [2.05, 4.69) is 36.4 Å². The zero-order valence-corrected chi connectivity index (χ0v) is 14.0. The van der Waals surface area contributed by atoms with E-state index < -0.39 is 17.6 Å². The highest BCUT2D eigenvalue weighted by Crippen LogP contribution is 2.25. The standard InChI is InChI=1S/C16H18FN3O2S/c1-16(2,3)15-19-10(9-23-15)8-18-13(21)14(22)20-12-7-5-4-6-11(12)17/h4-7,9H,8H2,1-3H3,(H,18,21)(H,20,22). The summed E-state index contributed by atoms with van der Waals surface area (Å²) >= 11 is 1.51. The number of halogens is 1. The lowest BCUT2D eigenvalue weighted by molar-refractivity contribution is -0.136. The number of hydrogen-bond donors (Lipinski definition) is 2. The second-order valence-electron chi connectivity index (χ2n) is 6.01. The number of rotatable bonds is 3. The van der Waals surface area contributed by atoms with E-state index in [4.69, 9.17) is 0 Å². The number of benzene rings is 1. The van der Waals surface area contributed by atoms with Crippen molar-refractivity contribution in [1.82, 2.24) is 10.3 Å². The molecule has 0 fully saturated rings. The molecule has 1 aromatic carbocycles. The van der Waals surface area contributed by atoms with Crippen molar-refractivity contribution in [3.8, 4) is 0 Å². The fraction of sp³-hybridized carbons (Fsp3) is 0.312. The van der Waals surface area contributed by atoms with Gasteiger partial charge in [-0.05, 0) is 12.1 Å². The van der Waals surface area contributed by atoms with E-state index in [1.54, 1.807) is 6.07 Å². The SMILES string of the molecule is CC(C)(C)c1nc(CNC(=O)C(=O)Nc2ccccc2F)cs1. The van der Waals surface area contributed by atoms with Crippen molar-refractivity contribution in [1.29, 1.82) is 0 Å². The minimum Gasteiger partial charge on any atom is -0.342 e. The van der Waals surface area contributed by atoms with Gasteiger partial charge in [0.1, 0.15) is 5.82 Å². The fourth-order valence-electron chi connectivity index (χ4n) is 1.73. The summed E-state index contributed by atoms with van der Waals surface area (Å²) in [7, 11) is 0. The second kappa shape index (κ2) is 6.87. The largest absolute Gasteiger partial charge is 0.342 e. The molecule has 0 aliphatic rings. The first-order valence-corrected chi connectivity index (χ1v) is 7.94. The monoisotopic (exact) mass is 335 g/mol. The first kappa shape index (κ1) is 17.1. The smallest absolute Gasteiger partial charge is 0.313 e. The summed E-state index contributed by atoms with van der Waals surface area (Å²) in [5.41, 5.74) is 0.595. The third-order valence-electron chi connectivity index (χ3n) is 2.95. The fourth-order valence-corrected chi connectivity index (χ4v) is 2.63.